The number of aromatic nitrogens is 2. The fraction of sp³-hybridized carbons (Fsp3) is 0.400. The van der Waals surface area contributed by atoms with Crippen LogP contribution in [0.1, 0.15) is 30.9 Å². The molecule has 0 radical (unpaired) electrons. The molecule has 2 heterocycles. The molecule has 1 aliphatic rings. The predicted octanol–water partition coefficient (Wildman–Crippen LogP) is 2.38. The summed E-state index contributed by atoms with van der Waals surface area (Å²) in [5.41, 5.74) is 13.4. The van der Waals surface area contributed by atoms with E-state index in [2.05, 4.69) is 21.9 Å². The quantitative estimate of drug-likeness (QED) is 0.543. The van der Waals surface area contributed by atoms with Crippen molar-refractivity contribution in [3.05, 3.63) is 59.3 Å². The fourth-order valence-electron chi connectivity index (χ4n) is 3.51. The van der Waals surface area contributed by atoms with Crippen molar-refractivity contribution in [3.8, 4) is 0 Å². The van der Waals surface area contributed by atoms with Crippen molar-refractivity contribution in [3.63, 3.8) is 0 Å². The van der Waals surface area contributed by atoms with Gasteiger partial charge in [0.1, 0.15) is 23.0 Å². The van der Waals surface area contributed by atoms with Crippen LogP contribution in [0, 0.1) is 5.82 Å². The number of hydrogen-bond acceptors (Lipinski definition) is 7. The molecule has 29 heavy (non-hydrogen) atoms. The topological polar surface area (TPSA) is 113 Å². The summed E-state index contributed by atoms with van der Waals surface area (Å²) in [4.78, 5) is 10.2. The first-order valence-corrected chi connectivity index (χ1v) is 9.84. The maximum absolute atomic E-state index is 13.2. The number of halogens is 2. The minimum atomic E-state index is -0.630. The van der Waals surface area contributed by atoms with Crippen molar-refractivity contribution in [2.24, 2.45) is 5.73 Å². The van der Waals surface area contributed by atoms with Crippen molar-refractivity contribution in [1.82, 2.24) is 15.3 Å². The smallest absolute Gasteiger partial charge is 0.153 e. The van der Waals surface area contributed by atoms with Crippen LogP contribution in [0.2, 0.25) is 5.02 Å². The largest absolute Gasteiger partial charge is 0.396 e. The van der Waals surface area contributed by atoms with Gasteiger partial charge in [0.05, 0.1) is 11.6 Å². The van der Waals surface area contributed by atoms with Crippen LogP contribution < -0.4 is 21.7 Å². The molecule has 9 heteroatoms. The Kier molecular flexibility index (Phi) is 6.56. The van der Waals surface area contributed by atoms with E-state index in [1.807, 2.05) is 4.90 Å². The van der Waals surface area contributed by atoms with Crippen molar-refractivity contribution in [2.75, 3.05) is 30.3 Å². The summed E-state index contributed by atoms with van der Waals surface area (Å²) < 4.78 is 13.2. The second-order valence-electron chi connectivity index (χ2n) is 7.28. The van der Waals surface area contributed by atoms with Crippen LogP contribution >= 0.6 is 11.6 Å². The zero-order valence-electron chi connectivity index (χ0n) is 16.1. The number of rotatable bonds is 7. The van der Waals surface area contributed by atoms with Gasteiger partial charge < -0.3 is 26.8 Å². The molecule has 0 unspecified atom stereocenters. The van der Waals surface area contributed by atoms with Crippen LogP contribution in [0.5, 0.6) is 0 Å². The number of nitrogen functional groups attached to an aromatic ring is 1. The summed E-state index contributed by atoms with van der Waals surface area (Å²) in [6.45, 7) is 5.42. The third kappa shape index (κ3) is 4.77. The molecule has 0 aliphatic carbocycles. The van der Waals surface area contributed by atoms with Gasteiger partial charge in [-0.1, -0.05) is 30.3 Å². The lowest BCUT2D eigenvalue weighted by molar-refractivity contribution is 0.263. The van der Waals surface area contributed by atoms with E-state index in [9.17, 15) is 9.50 Å². The highest BCUT2D eigenvalue weighted by molar-refractivity contribution is 6.35. The zero-order valence-corrected chi connectivity index (χ0v) is 16.9. The number of benzene rings is 1. The van der Waals surface area contributed by atoms with Gasteiger partial charge in [-0.05, 0) is 37.0 Å². The van der Waals surface area contributed by atoms with E-state index in [1.165, 1.54) is 18.5 Å². The molecule has 156 valence electrons. The van der Waals surface area contributed by atoms with E-state index in [1.54, 1.807) is 12.1 Å². The number of hydrogen-bond donors (Lipinski definition) is 4. The Morgan fingerprint density at radius 3 is 2.59 bits per heavy atom. The number of nitrogens with two attached hydrogens (primary N) is 2. The van der Waals surface area contributed by atoms with Crippen molar-refractivity contribution < 1.29 is 9.50 Å². The van der Waals surface area contributed by atoms with Crippen LogP contribution in [-0.4, -0.2) is 40.3 Å². The van der Waals surface area contributed by atoms with Gasteiger partial charge in [-0.2, -0.15) is 0 Å². The fourth-order valence-corrected chi connectivity index (χ4v) is 3.73. The van der Waals surface area contributed by atoms with E-state index in [4.69, 9.17) is 23.1 Å². The lowest BCUT2D eigenvalue weighted by Gasteiger charge is -2.42. The molecule has 6 N–H and O–H groups in total. The first-order valence-electron chi connectivity index (χ1n) is 9.46. The molecule has 1 aromatic heterocycles. The minimum absolute atomic E-state index is 0.0126. The first-order chi connectivity index (χ1) is 13.8. The predicted molar refractivity (Wildman–Crippen MR) is 113 cm³/mol. The Labute approximate surface area is 174 Å². The molecule has 0 amide bonds. The summed E-state index contributed by atoms with van der Waals surface area (Å²) in [6, 6.07) is 5.99. The van der Waals surface area contributed by atoms with Crippen LogP contribution in [0.25, 0.3) is 0 Å². The third-order valence-corrected chi connectivity index (χ3v) is 5.76. The standard InChI is InChI=1S/C20H26ClFN6O/c1-13(27-16(6-11-29)14-2-4-15(22)5-3-14)20(24)7-9-28(10-8-20)19-17(21)18(23)25-12-26-19/h2-5,12,16,27,29H,1,6-11,24H2,(H2,23,25,26)/t16-/m0/s1. The molecule has 7 nitrogen and oxygen atoms in total. The maximum atomic E-state index is 13.2. The molecule has 3 rings (SSSR count). The highest BCUT2D eigenvalue weighted by Gasteiger charge is 2.35. The van der Waals surface area contributed by atoms with Gasteiger partial charge in [-0.15, -0.1) is 0 Å². The van der Waals surface area contributed by atoms with Crippen LogP contribution in [0.15, 0.2) is 42.9 Å². The Morgan fingerprint density at radius 2 is 1.97 bits per heavy atom. The molecule has 1 atom stereocenters. The Balaban J connectivity index is 1.67. The second-order valence-corrected chi connectivity index (χ2v) is 7.66. The van der Waals surface area contributed by atoms with E-state index in [0.717, 1.165) is 5.56 Å². The number of anilines is 2. The molecule has 1 saturated heterocycles. The number of aliphatic hydroxyl groups excluding tert-OH is 1. The van der Waals surface area contributed by atoms with Gasteiger partial charge in [-0.25, -0.2) is 14.4 Å². The van der Waals surface area contributed by atoms with E-state index >= 15 is 0 Å². The molecular weight excluding hydrogens is 395 g/mol. The number of nitrogens with one attached hydrogen (secondary N) is 1. The molecule has 0 saturated carbocycles. The molecule has 2 aromatic rings. The molecule has 0 bridgehead atoms. The van der Waals surface area contributed by atoms with Crippen molar-refractivity contribution in [2.45, 2.75) is 30.8 Å². The Hall–Kier alpha value is -2.42. The van der Waals surface area contributed by atoms with Crippen molar-refractivity contribution in [1.29, 1.82) is 0 Å². The van der Waals surface area contributed by atoms with Gasteiger partial charge in [0.25, 0.3) is 0 Å². The molecule has 0 spiro atoms. The highest BCUT2D eigenvalue weighted by Crippen LogP contribution is 2.33. The number of piperidine rings is 1. The normalized spacial score (nSPS) is 17.0. The monoisotopic (exact) mass is 420 g/mol. The molecule has 1 aliphatic heterocycles. The van der Waals surface area contributed by atoms with Crippen LogP contribution in [0.4, 0.5) is 16.0 Å². The molecular formula is C20H26ClFN6O. The van der Waals surface area contributed by atoms with Crippen LogP contribution in [-0.2, 0) is 0 Å². The lowest BCUT2D eigenvalue weighted by atomic mass is 9.85. The van der Waals surface area contributed by atoms with E-state index in [0.29, 0.717) is 48.9 Å². The Bertz CT molecular complexity index is 855. The summed E-state index contributed by atoms with van der Waals surface area (Å²) in [5.74, 6) is 0.546. The van der Waals surface area contributed by atoms with Gasteiger partial charge in [-0.3, -0.25) is 0 Å². The minimum Gasteiger partial charge on any atom is -0.396 e. The lowest BCUT2D eigenvalue weighted by Crippen LogP contribution is -2.54. The summed E-state index contributed by atoms with van der Waals surface area (Å²) in [7, 11) is 0. The Morgan fingerprint density at radius 1 is 1.31 bits per heavy atom. The average Bonchev–Trinajstić information content (AvgIpc) is 2.71. The van der Waals surface area contributed by atoms with E-state index < -0.39 is 5.54 Å². The summed E-state index contributed by atoms with van der Waals surface area (Å²) in [6.07, 6.45) is 3.12. The van der Waals surface area contributed by atoms with Gasteiger partial charge in [0.2, 0.25) is 0 Å². The molecule has 1 aromatic carbocycles. The maximum Gasteiger partial charge on any atom is 0.153 e. The zero-order chi connectivity index (χ0) is 21.0. The molecule has 1 fully saturated rings. The van der Waals surface area contributed by atoms with Crippen LogP contribution in [0.3, 0.4) is 0 Å². The average molecular weight is 421 g/mol. The van der Waals surface area contributed by atoms with Gasteiger partial charge in [0, 0.05) is 25.4 Å². The highest BCUT2D eigenvalue weighted by atomic mass is 35.5. The van der Waals surface area contributed by atoms with Gasteiger partial charge in [0.15, 0.2) is 5.82 Å². The van der Waals surface area contributed by atoms with Gasteiger partial charge >= 0.3 is 0 Å². The first kappa shape index (κ1) is 21.3. The summed E-state index contributed by atoms with van der Waals surface area (Å²) in [5, 5.41) is 13.1. The third-order valence-electron chi connectivity index (χ3n) is 5.39. The SMILES string of the molecule is C=C(N[C@@H](CCO)c1ccc(F)cc1)C1(N)CCN(c2ncnc(N)c2Cl)CC1. The van der Waals surface area contributed by atoms with Crippen molar-refractivity contribution >= 4 is 23.2 Å². The second kappa shape index (κ2) is 8.94. The summed E-state index contributed by atoms with van der Waals surface area (Å²) >= 11 is 6.24. The number of aliphatic hydroxyl groups is 1. The van der Waals surface area contributed by atoms with E-state index in [-0.39, 0.29) is 24.3 Å². The number of nitrogens with zero attached hydrogens (tertiary/aromatic N) is 3.